The SMILES string of the molecule is O=C(O)[C@@H]1CCCN1.[Zn]. The molecular formula is C5H9NO2Zn. The maximum absolute atomic E-state index is 10.1. The van der Waals surface area contributed by atoms with E-state index in [-0.39, 0.29) is 25.5 Å². The summed E-state index contributed by atoms with van der Waals surface area (Å²) in [5.41, 5.74) is 0. The number of carboxylic acid groups (broad SMARTS) is 1. The van der Waals surface area contributed by atoms with Crippen molar-refractivity contribution in [2.45, 2.75) is 18.9 Å². The molecule has 0 amide bonds. The molecule has 3 nitrogen and oxygen atoms in total. The van der Waals surface area contributed by atoms with Crippen LogP contribution in [0.3, 0.4) is 0 Å². The maximum atomic E-state index is 10.1. The van der Waals surface area contributed by atoms with Crippen molar-refractivity contribution in [3.05, 3.63) is 0 Å². The van der Waals surface area contributed by atoms with Gasteiger partial charge in [-0.3, -0.25) is 4.79 Å². The number of aliphatic carboxylic acids is 1. The molecule has 48 valence electrons. The molecule has 1 aliphatic rings. The average molecular weight is 181 g/mol. The largest absolute Gasteiger partial charge is 0.480 e. The monoisotopic (exact) mass is 179 g/mol. The molecule has 0 aromatic carbocycles. The van der Waals surface area contributed by atoms with E-state index in [9.17, 15) is 4.79 Å². The van der Waals surface area contributed by atoms with E-state index in [0.717, 1.165) is 19.4 Å². The van der Waals surface area contributed by atoms with Crippen LogP contribution in [0.5, 0.6) is 0 Å². The van der Waals surface area contributed by atoms with Gasteiger partial charge in [-0.25, -0.2) is 0 Å². The molecule has 0 bridgehead atoms. The van der Waals surface area contributed by atoms with Crippen molar-refractivity contribution < 1.29 is 29.4 Å². The van der Waals surface area contributed by atoms with E-state index in [1.54, 1.807) is 0 Å². The Hall–Kier alpha value is 0.0534. The van der Waals surface area contributed by atoms with E-state index in [1.807, 2.05) is 0 Å². The average Bonchev–Trinajstić information content (AvgIpc) is 2.12. The molecule has 2 N–H and O–H groups in total. The second-order valence-electron chi connectivity index (χ2n) is 1.99. The smallest absolute Gasteiger partial charge is 0.320 e. The predicted octanol–water partition coefficient (Wildman–Crippen LogP) is -0.179. The minimum atomic E-state index is -0.720. The fourth-order valence-corrected chi connectivity index (χ4v) is 0.895. The van der Waals surface area contributed by atoms with E-state index in [2.05, 4.69) is 5.32 Å². The van der Waals surface area contributed by atoms with E-state index < -0.39 is 5.97 Å². The molecule has 0 aliphatic carbocycles. The molecule has 1 saturated heterocycles. The fraction of sp³-hybridized carbons (Fsp3) is 0.800. The summed E-state index contributed by atoms with van der Waals surface area (Å²) in [6.45, 7) is 0.858. The van der Waals surface area contributed by atoms with Crippen molar-refractivity contribution in [3.8, 4) is 0 Å². The van der Waals surface area contributed by atoms with Gasteiger partial charge < -0.3 is 10.4 Å². The Bertz CT molecular complexity index is 101. The number of hydrogen-bond acceptors (Lipinski definition) is 2. The second kappa shape index (κ2) is 3.96. The summed E-state index contributed by atoms with van der Waals surface area (Å²) in [7, 11) is 0. The van der Waals surface area contributed by atoms with Crippen molar-refractivity contribution >= 4 is 5.97 Å². The van der Waals surface area contributed by atoms with Gasteiger partial charge in [0.1, 0.15) is 6.04 Å². The quantitative estimate of drug-likeness (QED) is 0.551. The van der Waals surface area contributed by atoms with Gasteiger partial charge in [0.15, 0.2) is 0 Å². The van der Waals surface area contributed by atoms with Crippen molar-refractivity contribution in [2.24, 2.45) is 0 Å². The Labute approximate surface area is 66.6 Å². The Morgan fingerprint density at radius 1 is 1.67 bits per heavy atom. The molecule has 0 aromatic heterocycles. The third kappa shape index (κ3) is 2.42. The normalized spacial score (nSPS) is 25.1. The van der Waals surface area contributed by atoms with Crippen LogP contribution in [0.15, 0.2) is 0 Å². The molecule has 4 heteroatoms. The molecule has 0 aromatic rings. The Morgan fingerprint density at radius 2 is 2.33 bits per heavy atom. The number of hydrogen-bond donors (Lipinski definition) is 2. The van der Waals surface area contributed by atoms with Crippen LogP contribution >= 0.6 is 0 Å². The zero-order chi connectivity index (χ0) is 5.98. The summed E-state index contributed by atoms with van der Waals surface area (Å²) < 4.78 is 0. The van der Waals surface area contributed by atoms with Crippen molar-refractivity contribution in [2.75, 3.05) is 6.54 Å². The van der Waals surface area contributed by atoms with Gasteiger partial charge in [-0.1, -0.05) is 0 Å². The van der Waals surface area contributed by atoms with E-state index in [4.69, 9.17) is 5.11 Å². The first-order valence-electron chi connectivity index (χ1n) is 2.77. The molecule has 9 heavy (non-hydrogen) atoms. The van der Waals surface area contributed by atoms with Crippen LogP contribution in [-0.4, -0.2) is 23.7 Å². The number of carboxylic acids is 1. The maximum Gasteiger partial charge on any atom is 0.320 e. The first-order valence-corrected chi connectivity index (χ1v) is 2.77. The first-order chi connectivity index (χ1) is 3.80. The van der Waals surface area contributed by atoms with Gasteiger partial charge in [0, 0.05) is 19.5 Å². The Morgan fingerprint density at radius 3 is 2.56 bits per heavy atom. The zero-order valence-electron chi connectivity index (χ0n) is 5.26. The molecule has 0 unspecified atom stereocenters. The van der Waals surface area contributed by atoms with Crippen LogP contribution in [0.2, 0.25) is 0 Å². The first kappa shape index (κ1) is 9.05. The van der Waals surface area contributed by atoms with Crippen LogP contribution < -0.4 is 5.32 Å². The van der Waals surface area contributed by atoms with Crippen LogP contribution in [0.4, 0.5) is 0 Å². The van der Waals surface area contributed by atoms with Gasteiger partial charge in [-0.2, -0.15) is 0 Å². The third-order valence-corrected chi connectivity index (χ3v) is 1.36. The van der Waals surface area contributed by atoms with E-state index >= 15 is 0 Å². The molecule has 1 aliphatic heterocycles. The Balaban J connectivity index is 0.000000640. The summed E-state index contributed by atoms with van der Waals surface area (Å²) in [5, 5.41) is 11.2. The van der Waals surface area contributed by atoms with Gasteiger partial charge in [0.25, 0.3) is 0 Å². The molecular weight excluding hydrogens is 171 g/mol. The summed E-state index contributed by atoms with van der Waals surface area (Å²) >= 11 is 0. The summed E-state index contributed by atoms with van der Waals surface area (Å²) in [5.74, 6) is -0.720. The van der Waals surface area contributed by atoms with Crippen LogP contribution in [0.1, 0.15) is 12.8 Å². The number of nitrogens with one attached hydrogen (secondary N) is 1. The molecule has 1 rings (SSSR count). The summed E-state index contributed by atoms with van der Waals surface area (Å²) in [4.78, 5) is 10.1. The molecule has 1 heterocycles. The van der Waals surface area contributed by atoms with Crippen LogP contribution in [-0.2, 0) is 24.3 Å². The topological polar surface area (TPSA) is 49.3 Å². The van der Waals surface area contributed by atoms with Crippen molar-refractivity contribution in [3.63, 3.8) is 0 Å². The zero-order valence-corrected chi connectivity index (χ0v) is 8.23. The molecule has 1 fully saturated rings. The van der Waals surface area contributed by atoms with Crippen molar-refractivity contribution in [1.82, 2.24) is 5.32 Å². The van der Waals surface area contributed by atoms with Gasteiger partial charge >= 0.3 is 5.97 Å². The third-order valence-electron chi connectivity index (χ3n) is 1.36. The predicted molar refractivity (Wildman–Crippen MR) is 28.7 cm³/mol. The Kier molecular flexibility index (Phi) is 3.99. The van der Waals surface area contributed by atoms with E-state index in [1.165, 1.54) is 0 Å². The minimum Gasteiger partial charge on any atom is -0.480 e. The molecule has 1 atom stereocenters. The standard InChI is InChI=1S/C5H9NO2.Zn/c7-5(8)4-2-1-3-6-4;/h4,6H,1-3H2,(H,7,8);/t4-;/m0./s1. The van der Waals surface area contributed by atoms with Gasteiger partial charge in [-0.05, 0) is 19.4 Å². The second-order valence-corrected chi connectivity index (χ2v) is 1.99. The number of rotatable bonds is 1. The fourth-order valence-electron chi connectivity index (χ4n) is 0.895. The summed E-state index contributed by atoms with van der Waals surface area (Å²) in [6.07, 6.45) is 1.78. The van der Waals surface area contributed by atoms with Crippen LogP contribution in [0, 0.1) is 0 Å². The molecule has 0 saturated carbocycles. The molecule has 0 spiro atoms. The molecule has 0 radical (unpaired) electrons. The van der Waals surface area contributed by atoms with E-state index in [0.29, 0.717) is 0 Å². The van der Waals surface area contributed by atoms with Gasteiger partial charge in [0.05, 0.1) is 0 Å². The summed E-state index contributed by atoms with van der Waals surface area (Å²) in [6, 6.07) is -0.269. The number of carbonyl (C=O) groups is 1. The van der Waals surface area contributed by atoms with Crippen LogP contribution in [0.25, 0.3) is 0 Å². The van der Waals surface area contributed by atoms with Gasteiger partial charge in [-0.15, -0.1) is 0 Å². The van der Waals surface area contributed by atoms with Crippen molar-refractivity contribution in [1.29, 1.82) is 0 Å². The van der Waals surface area contributed by atoms with Gasteiger partial charge in [0.2, 0.25) is 0 Å². The minimum absolute atomic E-state index is 0.